The Morgan fingerprint density at radius 1 is 1.16 bits per heavy atom. The van der Waals surface area contributed by atoms with Gasteiger partial charge in [0, 0.05) is 11.6 Å². The van der Waals surface area contributed by atoms with E-state index in [1.165, 1.54) is 19.2 Å². The van der Waals surface area contributed by atoms with Crippen LogP contribution in [0, 0.1) is 18.3 Å². The number of carbonyl (C=O) groups is 1. The van der Waals surface area contributed by atoms with Crippen LogP contribution in [-0.2, 0) is 0 Å². The largest absolute Gasteiger partial charge is 0.493 e. The van der Waals surface area contributed by atoms with Gasteiger partial charge >= 0.3 is 5.97 Å². The normalized spacial score (nSPS) is 10.1. The second-order valence-corrected chi connectivity index (χ2v) is 5.20. The van der Waals surface area contributed by atoms with Crippen LogP contribution in [0.3, 0.4) is 0 Å². The minimum atomic E-state index is -0.611. The minimum Gasteiger partial charge on any atom is -0.493 e. The van der Waals surface area contributed by atoms with Crippen molar-refractivity contribution in [3.63, 3.8) is 0 Å². The maximum atomic E-state index is 12.7. The van der Waals surface area contributed by atoms with E-state index in [0.29, 0.717) is 22.8 Å². The van der Waals surface area contributed by atoms with Crippen LogP contribution >= 0.6 is 0 Å². The zero-order valence-electron chi connectivity index (χ0n) is 13.6. The molecule has 0 saturated carbocycles. The molecule has 6 heteroatoms. The summed E-state index contributed by atoms with van der Waals surface area (Å²) in [6.07, 6.45) is 0. The third-order valence-electron chi connectivity index (χ3n) is 3.61. The molecule has 3 aromatic rings. The highest BCUT2D eigenvalue weighted by molar-refractivity contribution is 5.98. The molecule has 0 radical (unpaired) electrons. The molecular weight excluding hydrogens is 320 g/mol. The van der Waals surface area contributed by atoms with Gasteiger partial charge in [0.15, 0.2) is 11.5 Å². The predicted molar refractivity (Wildman–Crippen MR) is 89.3 cm³/mol. The van der Waals surface area contributed by atoms with Crippen molar-refractivity contribution < 1.29 is 18.8 Å². The summed E-state index contributed by atoms with van der Waals surface area (Å²) in [5.41, 5.74) is 1.81. The van der Waals surface area contributed by atoms with Crippen molar-refractivity contribution in [3.05, 3.63) is 65.4 Å². The summed E-state index contributed by atoms with van der Waals surface area (Å²) in [6.45, 7) is 1.64. The van der Waals surface area contributed by atoms with Gasteiger partial charge in [-0.15, -0.1) is 0 Å². The van der Waals surface area contributed by atoms with E-state index in [9.17, 15) is 4.79 Å². The summed E-state index contributed by atoms with van der Waals surface area (Å²) in [5, 5.41) is 12.9. The van der Waals surface area contributed by atoms with Crippen molar-refractivity contribution in [2.75, 3.05) is 7.11 Å². The number of methoxy groups -OCH3 is 1. The predicted octanol–water partition coefficient (Wildman–Crippen LogP) is 3.75. The first-order valence-electron chi connectivity index (χ1n) is 7.46. The van der Waals surface area contributed by atoms with Crippen molar-refractivity contribution in [2.45, 2.75) is 6.92 Å². The van der Waals surface area contributed by atoms with Crippen molar-refractivity contribution >= 4 is 5.97 Å². The van der Waals surface area contributed by atoms with Crippen LogP contribution in [0.1, 0.15) is 21.7 Å². The number of nitrogens with zero attached hydrogens (tertiary/aromatic N) is 2. The molecule has 0 aliphatic heterocycles. The first-order valence-corrected chi connectivity index (χ1v) is 7.46. The quantitative estimate of drug-likeness (QED) is 0.533. The second-order valence-electron chi connectivity index (χ2n) is 5.20. The maximum absolute atomic E-state index is 12.7. The maximum Gasteiger partial charge on any atom is 0.349 e. The van der Waals surface area contributed by atoms with Crippen LogP contribution in [0.15, 0.2) is 53.1 Å². The van der Waals surface area contributed by atoms with Gasteiger partial charge in [0.1, 0.15) is 17.0 Å². The molecule has 0 unspecified atom stereocenters. The van der Waals surface area contributed by atoms with Crippen molar-refractivity contribution in [3.8, 4) is 28.8 Å². The highest BCUT2D eigenvalue weighted by Gasteiger charge is 2.24. The Bertz CT molecular complexity index is 955. The number of hydrogen-bond acceptors (Lipinski definition) is 6. The molecule has 0 spiro atoms. The SMILES string of the molecule is COc1cc(C#N)ccc1OC(=O)c1c(-c2ccccc2)noc1C. The first kappa shape index (κ1) is 16.3. The number of aromatic nitrogens is 1. The van der Waals surface area contributed by atoms with E-state index < -0.39 is 5.97 Å². The fourth-order valence-corrected chi connectivity index (χ4v) is 2.38. The standard InChI is InChI=1S/C19H14N2O4/c1-12-17(18(21-25-12)14-6-4-3-5-7-14)19(22)24-15-9-8-13(11-20)10-16(15)23-2/h3-10H,1-2H3. The van der Waals surface area contributed by atoms with Crippen LogP contribution in [0.5, 0.6) is 11.5 Å². The molecule has 0 saturated heterocycles. The Morgan fingerprint density at radius 2 is 1.92 bits per heavy atom. The molecule has 6 nitrogen and oxygen atoms in total. The molecule has 0 aliphatic carbocycles. The number of hydrogen-bond donors (Lipinski definition) is 0. The summed E-state index contributed by atoms with van der Waals surface area (Å²) >= 11 is 0. The van der Waals surface area contributed by atoms with Crippen LogP contribution in [0.4, 0.5) is 0 Å². The van der Waals surface area contributed by atoms with Gasteiger partial charge in [-0.1, -0.05) is 35.5 Å². The molecular formula is C19H14N2O4. The van der Waals surface area contributed by atoms with Gasteiger partial charge in [-0.2, -0.15) is 5.26 Å². The summed E-state index contributed by atoms with van der Waals surface area (Å²) in [7, 11) is 1.44. The van der Waals surface area contributed by atoms with Crippen LogP contribution < -0.4 is 9.47 Å². The van der Waals surface area contributed by atoms with Crippen LogP contribution in [-0.4, -0.2) is 18.2 Å². The number of ether oxygens (including phenoxy) is 2. The second kappa shape index (κ2) is 6.89. The van der Waals surface area contributed by atoms with Gasteiger partial charge in [0.25, 0.3) is 0 Å². The Morgan fingerprint density at radius 3 is 2.60 bits per heavy atom. The van der Waals surface area contributed by atoms with Gasteiger partial charge in [-0.05, 0) is 19.1 Å². The molecule has 1 aromatic heterocycles. The highest BCUT2D eigenvalue weighted by Crippen LogP contribution is 2.31. The van der Waals surface area contributed by atoms with E-state index in [1.807, 2.05) is 36.4 Å². The molecule has 2 aromatic carbocycles. The van der Waals surface area contributed by atoms with Crippen LogP contribution in [0.25, 0.3) is 11.3 Å². The molecule has 0 amide bonds. The van der Waals surface area contributed by atoms with E-state index in [4.69, 9.17) is 19.3 Å². The zero-order valence-corrected chi connectivity index (χ0v) is 13.6. The summed E-state index contributed by atoms with van der Waals surface area (Å²) in [5.74, 6) is 0.256. The first-order chi connectivity index (χ1) is 12.1. The third kappa shape index (κ3) is 3.21. The Balaban J connectivity index is 1.96. The Kier molecular flexibility index (Phi) is 4.48. The number of esters is 1. The smallest absolute Gasteiger partial charge is 0.349 e. The Hall–Kier alpha value is -3.59. The molecule has 0 aliphatic rings. The van der Waals surface area contributed by atoms with Gasteiger partial charge in [0.2, 0.25) is 0 Å². The lowest BCUT2D eigenvalue weighted by atomic mass is 10.1. The van der Waals surface area contributed by atoms with Crippen molar-refractivity contribution in [2.24, 2.45) is 0 Å². The highest BCUT2D eigenvalue weighted by atomic mass is 16.6. The van der Waals surface area contributed by atoms with E-state index in [1.54, 1.807) is 13.0 Å². The van der Waals surface area contributed by atoms with Crippen LogP contribution in [0.2, 0.25) is 0 Å². The Labute approximate surface area is 144 Å². The lowest BCUT2D eigenvalue weighted by Gasteiger charge is -2.09. The summed E-state index contributed by atoms with van der Waals surface area (Å²) in [4.78, 5) is 12.7. The summed E-state index contributed by atoms with van der Waals surface area (Å²) < 4.78 is 15.8. The number of aryl methyl sites for hydroxylation is 1. The van der Waals surface area contributed by atoms with Gasteiger partial charge in [0.05, 0.1) is 18.7 Å². The fraction of sp³-hybridized carbons (Fsp3) is 0.105. The average molecular weight is 334 g/mol. The molecule has 1 heterocycles. The summed E-state index contributed by atoms with van der Waals surface area (Å²) in [6, 6.07) is 15.8. The number of rotatable bonds is 4. The zero-order chi connectivity index (χ0) is 17.8. The van der Waals surface area contributed by atoms with Gasteiger partial charge in [-0.3, -0.25) is 0 Å². The van der Waals surface area contributed by atoms with Crippen molar-refractivity contribution in [1.29, 1.82) is 5.26 Å². The van der Waals surface area contributed by atoms with E-state index in [-0.39, 0.29) is 11.3 Å². The molecule has 124 valence electrons. The molecule has 0 N–H and O–H groups in total. The lowest BCUT2D eigenvalue weighted by molar-refractivity contribution is 0.0728. The van der Waals surface area contributed by atoms with Crippen molar-refractivity contribution in [1.82, 2.24) is 5.16 Å². The monoisotopic (exact) mass is 334 g/mol. The average Bonchev–Trinajstić information content (AvgIpc) is 3.04. The number of benzene rings is 2. The molecule has 0 atom stereocenters. The molecule has 25 heavy (non-hydrogen) atoms. The molecule has 0 bridgehead atoms. The topological polar surface area (TPSA) is 85.4 Å². The van der Waals surface area contributed by atoms with E-state index >= 15 is 0 Å². The lowest BCUT2D eigenvalue weighted by Crippen LogP contribution is -2.11. The molecule has 3 rings (SSSR count). The minimum absolute atomic E-state index is 0.214. The van der Waals surface area contributed by atoms with E-state index in [2.05, 4.69) is 5.16 Å². The number of nitriles is 1. The molecule has 0 fully saturated rings. The number of carbonyl (C=O) groups excluding carboxylic acids is 1. The fourth-order valence-electron chi connectivity index (χ4n) is 2.38. The van der Waals surface area contributed by atoms with Gasteiger partial charge in [-0.25, -0.2) is 4.79 Å². The van der Waals surface area contributed by atoms with E-state index in [0.717, 1.165) is 5.56 Å². The van der Waals surface area contributed by atoms with Gasteiger partial charge < -0.3 is 14.0 Å². The third-order valence-corrected chi connectivity index (χ3v) is 3.61.